The maximum absolute atomic E-state index is 13.8. The van der Waals surface area contributed by atoms with Crippen LogP contribution in [0.2, 0.25) is 0 Å². The van der Waals surface area contributed by atoms with Gasteiger partial charge in [0, 0.05) is 30.9 Å². The molecule has 1 aromatic rings. The highest BCUT2D eigenvalue weighted by molar-refractivity contribution is 5.76. The quantitative estimate of drug-likeness (QED) is 0.726. The van der Waals surface area contributed by atoms with Gasteiger partial charge in [-0.2, -0.15) is 0 Å². The molecular formula is C16H19F2NO3. The van der Waals surface area contributed by atoms with Crippen LogP contribution in [0.4, 0.5) is 8.78 Å². The minimum atomic E-state index is -0.871. The molecule has 0 aliphatic heterocycles. The van der Waals surface area contributed by atoms with Crippen LogP contribution in [-0.2, 0) is 15.0 Å². The molecular weight excluding hydrogens is 292 g/mol. The number of halogens is 2. The maximum atomic E-state index is 13.8. The van der Waals surface area contributed by atoms with Gasteiger partial charge in [0.05, 0.1) is 0 Å². The van der Waals surface area contributed by atoms with Crippen molar-refractivity contribution in [2.24, 2.45) is 0 Å². The minimum Gasteiger partial charge on any atom is -0.481 e. The van der Waals surface area contributed by atoms with E-state index in [-0.39, 0.29) is 18.7 Å². The summed E-state index contributed by atoms with van der Waals surface area (Å²) in [5.41, 5.74) is 0.0224. The number of rotatable bonds is 8. The first-order valence-corrected chi connectivity index (χ1v) is 7.37. The fourth-order valence-corrected chi connectivity index (χ4v) is 2.53. The Morgan fingerprint density at radius 1 is 1.18 bits per heavy atom. The molecule has 2 rings (SSSR count). The second-order valence-electron chi connectivity index (χ2n) is 5.78. The third-order valence-electron chi connectivity index (χ3n) is 4.02. The van der Waals surface area contributed by atoms with Gasteiger partial charge in [0.15, 0.2) is 0 Å². The first-order valence-electron chi connectivity index (χ1n) is 7.37. The molecule has 0 unspecified atom stereocenters. The van der Waals surface area contributed by atoms with Crippen LogP contribution in [0.15, 0.2) is 18.2 Å². The van der Waals surface area contributed by atoms with Crippen molar-refractivity contribution in [2.45, 2.75) is 43.9 Å². The fourth-order valence-electron chi connectivity index (χ4n) is 2.53. The number of carbonyl (C=O) groups is 2. The molecule has 0 saturated heterocycles. The normalized spacial score (nSPS) is 15.4. The summed E-state index contributed by atoms with van der Waals surface area (Å²) in [6, 6.07) is 3.53. The van der Waals surface area contributed by atoms with E-state index in [0.717, 1.165) is 18.9 Å². The van der Waals surface area contributed by atoms with Crippen LogP contribution in [0.3, 0.4) is 0 Å². The van der Waals surface area contributed by atoms with E-state index in [2.05, 4.69) is 5.32 Å². The van der Waals surface area contributed by atoms with E-state index in [9.17, 15) is 18.4 Å². The summed E-state index contributed by atoms with van der Waals surface area (Å²) in [5, 5.41) is 11.3. The minimum absolute atomic E-state index is 0.0536. The molecule has 1 aromatic carbocycles. The predicted molar refractivity (Wildman–Crippen MR) is 76.4 cm³/mol. The van der Waals surface area contributed by atoms with Crippen molar-refractivity contribution in [3.63, 3.8) is 0 Å². The van der Waals surface area contributed by atoms with Crippen LogP contribution in [0, 0.1) is 11.6 Å². The second kappa shape index (κ2) is 6.85. The van der Waals surface area contributed by atoms with Gasteiger partial charge >= 0.3 is 5.97 Å². The molecule has 0 bridgehead atoms. The molecule has 6 heteroatoms. The van der Waals surface area contributed by atoms with E-state index in [1.54, 1.807) is 0 Å². The monoisotopic (exact) mass is 311 g/mol. The lowest BCUT2D eigenvalue weighted by atomic mass is 9.95. The standard InChI is InChI=1S/C16H19F2NO3/c17-11-5-6-12(13(18)9-11)16(7-8-16)10-19-14(20)3-1-2-4-15(21)22/h5-6,9H,1-4,7-8,10H2,(H,19,20)(H,21,22). The fraction of sp³-hybridized carbons (Fsp3) is 0.500. The van der Waals surface area contributed by atoms with E-state index in [1.165, 1.54) is 12.1 Å². The van der Waals surface area contributed by atoms with Crippen LogP contribution in [-0.4, -0.2) is 23.5 Å². The number of aliphatic carboxylic acids is 1. The van der Waals surface area contributed by atoms with Crippen molar-refractivity contribution < 1.29 is 23.5 Å². The van der Waals surface area contributed by atoms with Crippen molar-refractivity contribution >= 4 is 11.9 Å². The van der Waals surface area contributed by atoms with Crippen LogP contribution in [0.25, 0.3) is 0 Å². The molecule has 0 spiro atoms. The Morgan fingerprint density at radius 2 is 1.86 bits per heavy atom. The molecule has 120 valence electrons. The number of nitrogens with one attached hydrogen (secondary N) is 1. The van der Waals surface area contributed by atoms with Gasteiger partial charge in [-0.15, -0.1) is 0 Å². The van der Waals surface area contributed by atoms with Crippen LogP contribution in [0.1, 0.15) is 44.1 Å². The van der Waals surface area contributed by atoms with Gasteiger partial charge in [-0.05, 0) is 37.3 Å². The number of carboxylic acids is 1. The van der Waals surface area contributed by atoms with E-state index >= 15 is 0 Å². The lowest BCUT2D eigenvalue weighted by molar-refractivity contribution is -0.137. The highest BCUT2D eigenvalue weighted by Gasteiger charge is 2.46. The van der Waals surface area contributed by atoms with E-state index < -0.39 is 23.0 Å². The molecule has 0 aromatic heterocycles. The molecule has 1 amide bonds. The van der Waals surface area contributed by atoms with Crippen molar-refractivity contribution in [3.8, 4) is 0 Å². The largest absolute Gasteiger partial charge is 0.481 e. The molecule has 0 radical (unpaired) electrons. The average Bonchev–Trinajstić information content (AvgIpc) is 3.22. The molecule has 2 N–H and O–H groups in total. The molecule has 1 aliphatic carbocycles. The van der Waals surface area contributed by atoms with Crippen molar-refractivity contribution in [1.29, 1.82) is 0 Å². The second-order valence-corrected chi connectivity index (χ2v) is 5.78. The number of amides is 1. The molecule has 0 heterocycles. The first kappa shape index (κ1) is 16.4. The zero-order valence-electron chi connectivity index (χ0n) is 12.2. The van der Waals surface area contributed by atoms with Gasteiger partial charge in [0.1, 0.15) is 11.6 Å². The molecule has 4 nitrogen and oxygen atoms in total. The van der Waals surface area contributed by atoms with E-state index in [1.807, 2.05) is 0 Å². The summed E-state index contributed by atoms with van der Waals surface area (Å²) >= 11 is 0. The Kier molecular flexibility index (Phi) is 5.11. The molecule has 1 fully saturated rings. The maximum Gasteiger partial charge on any atom is 0.303 e. The van der Waals surface area contributed by atoms with Gasteiger partial charge in [0.25, 0.3) is 0 Å². The lowest BCUT2D eigenvalue weighted by Gasteiger charge is -2.17. The first-order chi connectivity index (χ1) is 10.4. The third-order valence-corrected chi connectivity index (χ3v) is 4.02. The van der Waals surface area contributed by atoms with Crippen molar-refractivity contribution in [2.75, 3.05) is 6.54 Å². The smallest absolute Gasteiger partial charge is 0.303 e. The molecule has 0 atom stereocenters. The number of hydrogen-bond acceptors (Lipinski definition) is 2. The number of hydrogen-bond donors (Lipinski definition) is 2. The number of carboxylic acid groups (broad SMARTS) is 1. The van der Waals surface area contributed by atoms with Crippen LogP contribution in [0.5, 0.6) is 0 Å². The lowest BCUT2D eigenvalue weighted by Crippen LogP contribution is -2.32. The number of unbranched alkanes of at least 4 members (excludes halogenated alkanes) is 1. The summed E-state index contributed by atoms with van der Waals surface area (Å²) in [7, 11) is 0. The summed E-state index contributed by atoms with van der Waals surface area (Å²) in [5.74, 6) is -2.23. The highest BCUT2D eigenvalue weighted by Crippen LogP contribution is 2.48. The van der Waals surface area contributed by atoms with Crippen molar-refractivity contribution in [1.82, 2.24) is 5.32 Å². The SMILES string of the molecule is O=C(O)CCCCC(=O)NCC1(c2ccc(F)cc2F)CC1. The van der Waals surface area contributed by atoms with E-state index in [0.29, 0.717) is 24.9 Å². The van der Waals surface area contributed by atoms with Crippen molar-refractivity contribution in [3.05, 3.63) is 35.4 Å². The summed E-state index contributed by atoms with van der Waals surface area (Å²) in [6.45, 7) is 0.327. The average molecular weight is 311 g/mol. The number of benzene rings is 1. The molecule has 1 aliphatic rings. The van der Waals surface area contributed by atoms with Gasteiger partial charge in [-0.25, -0.2) is 8.78 Å². The molecule has 22 heavy (non-hydrogen) atoms. The zero-order chi connectivity index (χ0) is 16.2. The Balaban J connectivity index is 1.81. The van der Waals surface area contributed by atoms with Gasteiger partial charge in [-0.1, -0.05) is 6.07 Å². The summed E-state index contributed by atoms with van der Waals surface area (Å²) < 4.78 is 26.8. The topological polar surface area (TPSA) is 66.4 Å². The molecule has 1 saturated carbocycles. The van der Waals surface area contributed by atoms with Crippen LogP contribution >= 0.6 is 0 Å². The third kappa shape index (κ3) is 4.26. The highest BCUT2D eigenvalue weighted by atomic mass is 19.1. The van der Waals surface area contributed by atoms with E-state index in [4.69, 9.17) is 5.11 Å². The predicted octanol–water partition coefficient (Wildman–Crippen LogP) is 2.76. The number of carbonyl (C=O) groups excluding carboxylic acids is 1. The Morgan fingerprint density at radius 3 is 2.45 bits per heavy atom. The zero-order valence-corrected chi connectivity index (χ0v) is 12.2. The van der Waals surface area contributed by atoms with Crippen LogP contribution < -0.4 is 5.32 Å². The summed E-state index contributed by atoms with van der Waals surface area (Å²) in [6.07, 6.45) is 2.80. The Bertz CT molecular complexity index is 571. The van der Waals surface area contributed by atoms with Gasteiger partial charge < -0.3 is 10.4 Å². The Hall–Kier alpha value is -1.98. The summed E-state index contributed by atoms with van der Waals surface area (Å²) in [4.78, 5) is 22.1. The van der Waals surface area contributed by atoms with Gasteiger partial charge in [0.2, 0.25) is 5.91 Å². The van der Waals surface area contributed by atoms with Gasteiger partial charge in [-0.3, -0.25) is 9.59 Å². The Labute approximate surface area is 127 Å².